The number of hydroxylamine groups is 1. The minimum absolute atomic E-state index is 0.115. The molecule has 0 aromatic heterocycles. The van der Waals surface area contributed by atoms with Crippen LogP contribution in [0.25, 0.3) is 0 Å². The normalized spacial score (nSPS) is 17.6. The first-order valence-electron chi connectivity index (χ1n) is 9.32. The quantitative estimate of drug-likeness (QED) is 0.414. The van der Waals surface area contributed by atoms with Crippen LogP contribution in [0.2, 0.25) is 0 Å². The van der Waals surface area contributed by atoms with E-state index in [4.69, 9.17) is 9.94 Å². The minimum atomic E-state index is -0.301. The van der Waals surface area contributed by atoms with Crippen LogP contribution in [0, 0.1) is 5.92 Å². The van der Waals surface area contributed by atoms with Gasteiger partial charge in [-0.2, -0.15) is 0 Å². The Morgan fingerprint density at radius 1 is 0.964 bits per heavy atom. The van der Waals surface area contributed by atoms with Crippen LogP contribution in [0.1, 0.15) is 23.5 Å². The second kappa shape index (κ2) is 8.15. The van der Waals surface area contributed by atoms with Crippen LogP contribution in [0.15, 0.2) is 78.9 Å². The predicted molar refractivity (Wildman–Crippen MR) is 108 cm³/mol. The van der Waals surface area contributed by atoms with Crippen molar-refractivity contribution in [2.45, 2.75) is 18.9 Å². The summed E-state index contributed by atoms with van der Waals surface area (Å²) in [7, 11) is 0. The number of benzene rings is 3. The fraction of sp³-hybridized carbons (Fsp3) is 0.174. The smallest absolute Gasteiger partial charge is 0.247 e. The summed E-state index contributed by atoms with van der Waals surface area (Å²) in [6.45, 7) is 0.685. The van der Waals surface area contributed by atoms with E-state index in [9.17, 15) is 4.79 Å². The molecule has 3 aromatic rings. The van der Waals surface area contributed by atoms with E-state index in [1.807, 2.05) is 72.8 Å². The van der Waals surface area contributed by atoms with Crippen LogP contribution in [0.5, 0.6) is 11.5 Å². The van der Waals surface area contributed by atoms with Crippen LogP contribution in [-0.4, -0.2) is 11.1 Å². The standard InChI is InChI=1S/C23H22N2O3/c26-23(25-27)22-14-21(22)17-9-11-18(12-10-17)24-15-16-5-4-8-20(13-16)28-19-6-2-1-3-7-19/h1-13,21-22,24,27H,14-15H2,(H,25,26)/t21-,22+/m1/s1. The topological polar surface area (TPSA) is 70.6 Å². The fourth-order valence-corrected chi connectivity index (χ4v) is 3.33. The van der Waals surface area contributed by atoms with Crippen molar-refractivity contribution in [2.24, 2.45) is 5.92 Å². The van der Waals surface area contributed by atoms with Gasteiger partial charge in [0.05, 0.1) is 0 Å². The van der Waals surface area contributed by atoms with Crippen molar-refractivity contribution in [1.82, 2.24) is 5.48 Å². The number of carbonyl (C=O) groups excluding carboxylic acids is 1. The molecule has 5 heteroatoms. The molecule has 28 heavy (non-hydrogen) atoms. The second-order valence-electron chi connectivity index (χ2n) is 6.96. The predicted octanol–water partition coefficient (Wildman–Crippen LogP) is 4.70. The molecule has 1 amide bonds. The van der Waals surface area contributed by atoms with Crippen LogP contribution < -0.4 is 15.5 Å². The summed E-state index contributed by atoms with van der Waals surface area (Å²) in [6.07, 6.45) is 0.785. The van der Waals surface area contributed by atoms with Gasteiger partial charge in [-0.05, 0) is 59.9 Å². The number of anilines is 1. The number of hydrogen-bond donors (Lipinski definition) is 3. The van der Waals surface area contributed by atoms with Gasteiger partial charge in [-0.15, -0.1) is 0 Å². The molecule has 3 aromatic carbocycles. The molecule has 2 atom stereocenters. The first kappa shape index (κ1) is 18.1. The van der Waals surface area contributed by atoms with Gasteiger partial charge in [0.25, 0.3) is 0 Å². The van der Waals surface area contributed by atoms with Crippen molar-refractivity contribution in [3.05, 3.63) is 90.0 Å². The Bertz CT molecular complexity index is 942. The summed E-state index contributed by atoms with van der Waals surface area (Å²) in [5.74, 6) is 1.41. The SMILES string of the molecule is O=C(NO)[C@H]1C[C@@H]1c1ccc(NCc2cccc(Oc3ccccc3)c2)cc1. The van der Waals surface area contributed by atoms with Gasteiger partial charge in [0, 0.05) is 18.2 Å². The molecule has 0 bridgehead atoms. The lowest BCUT2D eigenvalue weighted by Crippen LogP contribution is -2.20. The summed E-state index contributed by atoms with van der Waals surface area (Å²) in [6, 6.07) is 25.8. The summed E-state index contributed by atoms with van der Waals surface area (Å²) >= 11 is 0. The zero-order chi connectivity index (χ0) is 19.3. The molecule has 1 aliphatic rings. The second-order valence-corrected chi connectivity index (χ2v) is 6.96. The van der Waals surface area contributed by atoms with E-state index < -0.39 is 0 Å². The summed E-state index contributed by atoms with van der Waals surface area (Å²) in [4.78, 5) is 11.4. The van der Waals surface area contributed by atoms with Gasteiger partial charge in [0.1, 0.15) is 11.5 Å². The number of amides is 1. The molecular weight excluding hydrogens is 352 g/mol. The van der Waals surface area contributed by atoms with E-state index in [0.717, 1.165) is 34.7 Å². The molecule has 3 N–H and O–H groups in total. The maximum absolute atomic E-state index is 11.4. The maximum Gasteiger partial charge on any atom is 0.247 e. The lowest BCUT2D eigenvalue weighted by molar-refractivity contribution is -0.130. The highest BCUT2D eigenvalue weighted by Gasteiger charge is 2.43. The molecule has 1 saturated carbocycles. The minimum Gasteiger partial charge on any atom is -0.457 e. The average Bonchev–Trinajstić information content (AvgIpc) is 3.54. The Kier molecular flexibility index (Phi) is 5.26. The van der Waals surface area contributed by atoms with Crippen molar-refractivity contribution >= 4 is 11.6 Å². The molecule has 0 heterocycles. The van der Waals surface area contributed by atoms with Gasteiger partial charge in [0.2, 0.25) is 5.91 Å². The third kappa shape index (κ3) is 4.32. The van der Waals surface area contributed by atoms with Crippen LogP contribution >= 0.6 is 0 Å². The van der Waals surface area contributed by atoms with Gasteiger partial charge in [-0.25, -0.2) is 5.48 Å². The van der Waals surface area contributed by atoms with Gasteiger partial charge < -0.3 is 10.1 Å². The van der Waals surface area contributed by atoms with E-state index in [1.54, 1.807) is 5.48 Å². The molecule has 0 aliphatic heterocycles. The summed E-state index contributed by atoms with van der Waals surface area (Å²) in [5.41, 5.74) is 5.00. The largest absolute Gasteiger partial charge is 0.457 e. The van der Waals surface area contributed by atoms with Crippen molar-refractivity contribution in [3.8, 4) is 11.5 Å². The molecular formula is C23H22N2O3. The molecule has 4 rings (SSSR count). The molecule has 1 aliphatic carbocycles. The lowest BCUT2D eigenvalue weighted by atomic mass is 10.1. The first-order chi connectivity index (χ1) is 13.7. The number of para-hydroxylation sites is 1. The van der Waals surface area contributed by atoms with E-state index in [0.29, 0.717) is 6.54 Å². The highest BCUT2D eigenvalue weighted by molar-refractivity contribution is 5.81. The Morgan fingerprint density at radius 3 is 2.46 bits per heavy atom. The molecule has 0 radical (unpaired) electrons. The van der Waals surface area contributed by atoms with E-state index in [-0.39, 0.29) is 17.7 Å². The number of ether oxygens (including phenoxy) is 1. The highest BCUT2D eigenvalue weighted by atomic mass is 16.5. The van der Waals surface area contributed by atoms with Crippen molar-refractivity contribution in [1.29, 1.82) is 0 Å². The van der Waals surface area contributed by atoms with Crippen LogP contribution in [-0.2, 0) is 11.3 Å². The first-order valence-corrected chi connectivity index (χ1v) is 9.32. The average molecular weight is 374 g/mol. The molecule has 1 fully saturated rings. The number of nitrogens with one attached hydrogen (secondary N) is 2. The molecule has 0 spiro atoms. The molecule has 0 saturated heterocycles. The third-order valence-corrected chi connectivity index (χ3v) is 4.95. The zero-order valence-electron chi connectivity index (χ0n) is 15.3. The Morgan fingerprint density at radius 2 is 1.71 bits per heavy atom. The van der Waals surface area contributed by atoms with E-state index in [1.165, 1.54) is 0 Å². The van der Waals surface area contributed by atoms with E-state index in [2.05, 4.69) is 11.4 Å². The maximum atomic E-state index is 11.4. The van der Waals surface area contributed by atoms with Crippen LogP contribution in [0.3, 0.4) is 0 Å². The molecule has 142 valence electrons. The number of carbonyl (C=O) groups is 1. The molecule has 0 unspecified atom stereocenters. The third-order valence-electron chi connectivity index (χ3n) is 4.95. The number of hydrogen-bond acceptors (Lipinski definition) is 4. The highest BCUT2D eigenvalue weighted by Crippen LogP contribution is 2.47. The fourth-order valence-electron chi connectivity index (χ4n) is 3.33. The lowest BCUT2D eigenvalue weighted by Gasteiger charge is -2.10. The van der Waals surface area contributed by atoms with E-state index >= 15 is 0 Å². The zero-order valence-corrected chi connectivity index (χ0v) is 15.3. The van der Waals surface area contributed by atoms with Crippen LogP contribution in [0.4, 0.5) is 5.69 Å². The molecule has 5 nitrogen and oxygen atoms in total. The summed E-state index contributed by atoms with van der Waals surface area (Å²) < 4.78 is 5.88. The van der Waals surface area contributed by atoms with Crippen molar-refractivity contribution in [2.75, 3.05) is 5.32 Å². The van der Waals surface area contributed by atoms with Gasteiger partial charge in [0.15, 0.2) is 0 Å². The Labute approximate surface area is 163 Å². The number of rotatable bonds is 7. The van der Waals surface area contributed by atoms with Crippen molar-refractivity contribution < 1.29 is 14.7 Å². The van der Waals surface area contributed by atoms with Gasteiger partial charge in [-0.3, -0.25) is 10.0 Å². The Hall–Kier alpha value is -3.31. The van der Waals surface area contributed by atoms with Crippen molar-refractivity contribution in [3.63, 3.8) is 0 Å². The van der Waals surface area contributed by atoms with Gasteiger partial charge in [-0.1, -0.05) is 42.5 Å². The monoisotopic (exact) mass is 374 g/mol. The summed E-state index contributed by atoms with van der Waals surface area (Å²) in [5, 5.41) is 12.1. The Balaban J connectivity index is 1.33. The van der Waals surface area contributed by atoms with Gasteiger partial charge >= 0.3 is 0 Å².